The van der Waals surface area contributed by atoms with E-state index in [2.05, 4.69) is 21.7 Å². The first-order valence-corrected chi connectivity index (χ1v) is 9.87. The van der Waals surface area contributed by atoms with Crippen molar-refractivity contribution in [3.63, 3.8) is 0 Å². The maximum Gasteiger partial charge on any atom is 0.296 e. The van der Waals surface area contributed by atoms with Crippen LogP contribution in [0.3, 0.4) is 0 Å². The van der Waals surface area contributed by atoms with Gasteiger partial charge in [0.15, 0.2) is 0 Å². The van der Waals surface area contributed by atoms with Gasteiger partial charge in [-0.05, 0) is 54.3 Å². The molecule has 142 valence electrons. The van der Waals surface area contributed by atoms with Crippen molar-refractivity contribution < 1.29 is 14.5 Å². The summed E-state index contributed by atoms with van der Waals surface area (Å²) in [5, 5.41) is 16.2. The van der Waals surface area contributed by atoms with Crippen molar-refractivity contribution >= 4 is 28.6 Å². The van der Waals surface area contributed by atoms with Crippen LogP contribution in [0.5, 0.6) is 5.75 Å². The van der Waals surface area contributed by atoms with Gasteiger partial charge in [0.25, 0.3) is 5.69 Å². The van der Waals surface area contributed by atoms with Crippen molar-refractivity contribution in [2.45, 2.75) is 25.3 Å². The Labute approximate surface area is 161 Å². The van der Waals surface area contributed by atoms with Crippen LogP contribution in [0.4, 0.5) is 11.4 Å². The van der Waals surface area contributed by atoms with Crippen molar-refractivity contribution in [1.29, 1.82) is 0 Å². The molecule has 1 aromatic heterocycles. The first-order valence-electron chi connectivity index (χ1n) is 8.99. The van der Waals surface area contributed by atoms with Crippen LogP contribution in [0.2, 0.25) is 0 Å². The zero-order valence-corrected chi connectivity index (χ0v) is 15.8. The highest BCUT2D eigenvalue weighted by Gasteiger charge is 2.40. The lowest BCUT2D eigenvalue weighted by atomic mass is 9.96. The molecule has 1 amide bonds. The molecule has 0 unspecified atom stereocenters. The third kappa shape index (κ3) is 3.68. The molecule has 1 aromatic carbocycles. The Kier molecular flexibility index (Phi) is 4.84. The Morgan fingerprint density at radius 2 is 2.22 bits per heavy atom. The Balaban J connectivity index is 1.49. The lowest BCUT2D eigenvalue weighted by molar-refractivity contribution is -0.384. The Hall–Kier alpha value is -2.45. The van der Waals surface area contributed by atoms with Gasteiger partial charge in [-0.3, -0.25) is 19.8 Å². The number of rotatable bonds is 6. The van der Waals surface area contributed by atoms with E-state index < -0.39 is 4.92 Å². The molecule has 7 nitrogen and oxygen atoms in total. The van der Waals surface area contributed by atoms with E-state index in [0.717, 1.165) is 13.0 Å². The molecule has 2 aliphatic rings. The van der Waals surface area contributed by atoms with Gasteiger partial charge in [0.2, 0.25) is 5.91 Å². The Morgan fingerprint density at radius 1 is 1.41 bits per heavy atom. The van der Waals surface area contributed by atoms with Gasteiger partial charge in [0.05, 0.1) is 24.6 Å². The fourth-order valence-electron chi connectivity index (χ4n) is 3.81. The number of anilines is 1. The number of hydrogen-bond donors (Lipinski definition) is 1. The smallest absolute Gasteiger partial charge is 0.296 e. The van der Waals surface area contributed by atoms with Crippen LogP contribution >= 0.6 is 11.3 Å². The lowest BCUT2D eigenvalue weighted by Gasteiger charge is -2.35. The summed E-state index contributed by atoms with van der Waals surface area (Å²) < 4.78 is 5.04. The molecule has 4 rings (SSSR count). The van der Waals surface area contributed by atoms with Crippen LogP contribution < -0.4 is 10.1 Å². The standard InChI is InChI=1S/C19H21N3O4S/c1-26-13-4-5-15(16(10-13)22(24)25)20-18(23)11-21-8-6-17-14(7-9-27-17)19(21)12-2-3-12/h4-5,7,9-10,12,19H,2-3,6,8,11H2,1H3,(H,20,23)/t19-/m1/s1. The molecule has 1 aliphatic carbocycles. The van der Waals surface area contributed by atoms with E-state index in [1.807, 2.05) is 0 Å². The Morgan fingerprint density at radius 3 is 2.93 bits per heavy atom. The molecule has 8 heteroatoms. The molecule has 0 saturated heterocycles. The second-order valence-corrected chi connectivity index (χ2v) is 7.99. The summed E-state index contributed by atoms with van der Waals surface area (Å²) >= 11 is 1.79. The van der Waals surface area contributed by atoms with Gasteiger partial charge in [-0.2, -0.15) is 0 Å². The van der Waals surface area contributed by atoms with Crippen LogP contribution in [0.1, 0.15) is 29.3 Å². The lowest BCUT2D eigenvalue weighted by Crippen LogP contribution is -2.41. The van der Waals surface area contributed by atoms with E-state index >= 15 is 0 Å². The predicted octanol–water partition coefficient (Wildman–Crippen LogP) is 3.61. The molecule has 0 bridgehead atoms. The summed E-state index contributed by atoms with van der Waals surface area (Å²) in [6, 6.07) is 6.91. The summed E-state index contributed by atoms with van der Waals surface area (Å²) in [5.41, 5.74) is 1.39. The SMILES string of the molecule is COc1ccc(NC(=O)CN2CCc3sccc3[C@H]2C2CC2)c([N+](=O)[O-])c1. The van der Waals surface area contributed by atoms with Crippen LogP contribution in [-0.2, 0) is 11.2 Å². The summed E-state index contributed by atoms with van der Waals surface area (Å²) in [5.74, 6) is 0.767. The van der Waals surface area contributed by atoms with Crippen molar-refractivity contribution in [2.24, 2.45) is 5.92 Å². The number of hydrogen-bond acceptors (Lipinski definition) is 6. The molecule has 2 aromatic rings. The van der Waals surface area contributed by atoms with E-state index in [-0.39, 0.29) is 29.9 Å². The van der Waals surface area contributed by atoms with Crippen LogP contribution in [0.15, 0.2) is 29.6 Å². The average Bonchev–Trinajstić information content (AvgIpc) is 3.37. The number of nitrogens with zero attached hydrogens (tertiary/aromatic N) is 2. The van der Waals surface area contributed by atoms with Crippen molar-refractivity contribution in [1.82, 2.24) is 4.90 Å². The maximum atomic E-state index is 12.6. The van der Waals surface area contributed by atoms with Gasteiger partial charge < -0.3 is 10.1 Å². The van der Waals surface area contributed by atoms with Crippen molar-refractivity contribution in [3.05, 3.63) is 50.2 Å². The summed E-state index contributed by atoms with van der Waals surface area (Å²) in [7, 11) is 1.45. The van der Waals surface area contributed by atoms with Gasteiger partial charge in [-0.1, -0.05) is 0 Å². The molecule has 0 spiro atoms. The highest BCUT2D eigenvalue weighted by Crippen LogP contribution is 2.48. The number of benzene rings is 1. The summed E-state index contributed by atoms with van der Waals surface area (Å²) in [6.07, 6.45) is 3.34. The molecule has 1 fully saturated rings. The van der Waals surface area contributed by atoms with E-state index in [1.165, 1.54) is 42.5 Å². The quantitative estimate of drug-likeness (QED) is 0.605. The fraction of sp³-hybridized carbons (Fsp3) is 0.421. The minimum Gasteiger partial charge on any atom is -0.496 e. The third-order valence-electron chi connectivity index (χ3n) is 5.21. The number of methoxy groups -OCH3 is 1. The highest BCUT2D eigenvalue weighted by molar-refractivity contribution is 7.10. The summed E-state index contributed by atoms with van der Waals surface area (Å²) in [6.45, 7) is 1.08. The third-order valence-corrected chi connectivity index (χ3v) is 6.21. The first-order chi connectivity index (χ1) is 13.1. The molecule has 1 N–H and O–H groups in total. The van der Waals surface area contributed by atoms with Crippen LogP contribution in [-0.4, -0.2) is 35.9 Å². The molecule has 1 aliphatic heterocycles. The number of carbonyl (C=O) groups excluding carboxylic acids is 1. The molecular weight excluding hydrogens is 366 g/mol. The number of thiophene rings is 1. The number of nitrogens with one attached hydrogen (secondary N) is 1. The van der Waals surface area contributed by atoms with E-state index in [1.54, 1.807) is 17.4 Å². The normalized spacial score (nSPS) is 19.4. The number of ether oxygens (including phenoxy) is 1. The van der Waals surface area contributed by atoms with Gasteiger partial charge in [0.1, 0.15) is 11.4 Å². The van der Waals surface area contributed by atoms with E-state index in [9.17, 15) is 14.9 Å². The topological polar surface area (TPSA) is 84.7 Å². The van der Waals surface area contributed by atoms with Gasteiger partial charge in [-0.25, -0.2) is 0 Å². The number of amides is 1. The zero-order chi connectivity index (χ0) is 19.0. The first kappa shape index (κ1) is 17.9. The maximum absolute atomic E-state index is 12.6. The van der Waals surface area contributed by atoms with E-state index in [4.69, 9.17) is 4.74 Å². The molecule has 0 radical (unpaired) electrons. The summed E-state index contributed by atoms with van der Waals surface area (Å²) in [4.78, 5) is 27.1. The molecule has 27 heavy (non-hydrogen) atoms. The van der Waals surface area contributed by atoms with E-state index in [0.29, 0.717) is 11.7 Å². The second-order valence-electron chi connectivity index (χ2n) is 6.99. The van der Waals surface area contributed by atoms with Crippen LogP contribution in [0, 0.1) is 16.0 Å². The fourth-order valence-corrected chi connectivity index (χ4v) is 4.72. The molecule has 1 saturated carbocycles. The van der Waals surface area contributed by atoms with Crippen LogP contribution in [0.25, 0.3) is 0 Å². The number of fused-ring (bicyclic) bond motifs is 1. The number of nitro benzene ring substituents is 1. The van der Waals surface area contributed by atoms with Crippen molar-refractivity contribution in [2.75, 3.05) is 25.5 Å². The molecular formula is C19H21N3O4S. The highest BCUT2D eigenvalue weighted by atomic mass is 32.1. The predicted molar refractivity (Wildman–Crippen MR) is 103 cm³/mol. The minimum absolute atomic E-state index is 0.166. The zero-order valence-electron chi connectivity index (χ0n) is 15.0. The second kappa shape index (κ2) is 7.28. The largest absolute Gasteiger partial charge is 0.496 e. The monoisotopic (exact) mass is 387 g/mol. The molecule has 1 atom stereocenters. The van der Waals surface area contributed by atoms with Gasteiger partial charge in [0, 0.05) is 17.5 Å². The Bertz CT molecular complexity index is 878. The number of carbonyl (C=O) groups is 1. The van der Waals surface area contributed by atoms with Gasteiger partial charge in [-0.15, -0.1) is 11.3 Å². The van der Waals surface area contributed by atoms with Gasteiger partial charge >= 0.3 is 0 Å². The average molecular weight is 387 g/mol. The minimum atomic E-state index is -0.510. The molecule has 2 heterocycles. The van der Waals surface area contributed by atoms with Crippen molar-refractivity contribution in [3.8, 4) is 5.75 Å². The number of nitro groups is 1.